The van der Waals surface area contributed by atoms with Crippen molar-refractivity contribution in [3.63, 3.8) is 0 Å². The van der Waals surface area contributed by atoms with Crippen molar-refractivity contribution in [3.05, 3.63) is 60.2 Å². The van der Waals surface area contributed by atoms with Gasteiger partial charge in [-0.2, -0.15) is 0 Å². The zero-order valence-electron chi connectivity index (χ0n) is 11.1. The van der Waals surface area contributed by atoms with E-state index in [1.807, 2.05) is 54.6 Å². The van der Waals surface area contributed by atoms with Gasteiger partial charge < -0.3 is 4.98 Å². The number of imidazole rings is 1. The molecule has 2 aromatic carbocycles. The average molecular weight is 298 g/mol. The molecule has 5 nitrogen and oxygen atoms in total. The van der Waals surface area contributed by atoms with E-state index in [2.05, 4.69) is 15.4 Å². The zero-order chi connectivity index (χ0) is 14.7. The number of aromatic nitrogens is 2. The molecule has 1 unspecified atom stereocenters. The second-order valence-electron chi connectivity index (χ2n) is 4.48. The number of hydrazine groups is 1. The van der Waals surface area contributed by atoms with E-state index in [1.165, 1.54) is 11.8 Å². The van der Waals surface area contributed by atoms with Crippen molar-refractivity contribution in [3.8, 4) is 0 Å². The summed E-state index contributed by atoms with van der Waals surface area (Å²) >= 11 is 1.34. The molecule has 4 N–H and O–H groups in total. The minimum Gasteiger partial charge on any atom is -0.333 e. The van der Waals surface area contributed by atoms with E-state index in [9.17, 15) is 4.79 Å². The standard InChI is InChI=1S/C15H14N4OS/c16-19-14(20)13(10-6-2-1-3-7-10)21-15-17-11-8-4-5-9-12(11)18-15/h1-9,13H,16H2,(H,17,18)(H,19,20). The number of carbonyl (C=O) groups excluding carboxylic acids is 1. The van der Waals surface area contributed by atoms with Crippen molar-refractivity contribution in [1.29, 1.82) is 0 Å². The van der Waals surface area contributed by atoms with Crippen LogP contribution in [0.15, 0.2) is 59.8 Å². The predicted octanol–water partition coefficient (Wildman–Crippen LogP) is 2.39. The fourth-order valence-corrected chi connectivity index (χ4v) is 3.08. The van der Waals surface area contributed by atoms with E-state index in [1.54, 1.807) is 0 Å². The molecule has 0 aliphatic heterocycles. The lowest BCUT2D eigenvalue weighted by molar-refractivity contribution is -0.120. The summed E-state index contributed by atoms with van der Waals surface area (Å²) in [5.74, 6) is 5.04. The molecule has 106 valence electrons. The van der Waals surface area contributed by atoms with Crippen LogP contribution in [0.2, 0.25) is 0 Å². The van der Waals surface area contributed by atoms with Gasteiger partial charge in [0.25, 0.3) is 5.91 Å². The van der Waals surface area contributed by atoms with Gasteiger partial charge in [0.1, 0.15) is 5.25 Å². The van der Waals surface area contributed by atoms with Gasteiger partial charge in [-0.15, -0.1) is 0 Å². The Balaban J connectivity index is 1.92. The number of nitrogens with two attached hydrogens (primary N) is 1. The molecule has 0 bridgehead atoms. The highest BCUT2D eigenvalue weighted by Crippen LogP contribution is 2.34. The predicted molar refractivity (Wildman–Crippen MR) is 83.5 cm³/mol. The van der Waals surface area contributed by atoms with Crippen molar-refractivity contribution in [2.45, 2.75) is 10.4 Å². The van der Waals surface area contributed by atoms with Gasteiger partial charge >= 0.3 is 0 Å². The lowest BCUT2D eigenvalue weighted by atomic mass is 10.1. The molecule has 21 heavy (non-hydrogen) atoms. The molecule has 3 aromatic rings. The number of hydrogen-bond donors (Lipinski definition) is 3. The minimum atomic E-state index is -0.447. The Morgan fingerprint density at radius 3 is 2.57 bits per heavy atom. The monoisotopic (exact) mass is 298 g/mol. The molecule has 3 rings (SSSR count). The quantitative estimate of drug-likeness (QED) is 0.299. The van der Waals surface area contributed by atoms with Crippen molar-refractivity contribution in [1.82, 2.24) is 15.4 Å². The van der Waals surface area contributed by atoms with Crippen LogP contribution >= 0.6 is 11.8 Å². The fourth-order valence-electron chi connectivity index (χ4n) is 2.07. The summed E-state index contributed by atoms with van der Waals surface area (Å²) in [5, 5.41) is 0.241. The summed E-state index contributed by atoms with van der Waals surface area (Å²) in [6.07, 6.45) is 0. The third kappa shape index (κ3) is 2.91. The van der Waals surface area contributed by atoms with Crippen LogP contribution in [0, 0.1) is 0 Å². The van der Waals surface area contributed by atoms with E-state index < -0.39 is 5.25 Å². The highest BCUT2D eigenvalue weighted by Gasteiger charge is 2.22. The fraction of sp³-hybridized carbons (Fsp3) is 0.0667. The molecule has 0 fully saturated rings. The van der Waals surface area contributed by atoms with Crippen LogP contribution in [0.25, 0.3) is 11.0 Å². The number of fused-ring (bicyclic) bond motifs is 1. The minimum absolute atomic E-state index is 0.258. The van der Waals surface area contributed by atoms with Gasteiger partial charge in [-0.3, -0.25) is 10.2 Å². The number of carbonyl (C=O) groups is 1. The molecule has 0 spiro atoms. The van der Waals surface area contributed by atoms with Gasteiger partial charge in [-0.1, -0.05) is 54.2 Å². The largest absolute Gasteiger partial charge is 0.333 e. The average Bonchev–Trinajstić information content (AvgIpc) is 2.95. The van der Waals surface area contributed by atoms with Gasteiger partial charge in [0.15, 0.2) is 5.16 Å². The Bertz CT molecular complexity index is 723. The first-order valence-corrected chi connectivity index (χ1v) is 7.32. The second kappa shape index (κ2) is 5.99. The first-order chi connectivity index (χ1) is 10.3. The normalized spacial score (nSPS) is 12.2. The van der Waals surface area contributed by atoms with Gasteiger partial charge in [0.05, 0.1) is 11.0 Å². The lowest BCUT2D eigenvalue weighted by Gasteiger charge is -2.13. The molecule has 1 heterocycles. The van der Waals surface area contributed by atoms with Crippen LogP contribution in [0.1, 0.15) is 10.8 Å². The second-order valence-corrected chi connectivity index (χ2v) is 5.57. The maximum absolute atomic E-state index is 12.0. The Morgan fingerprint density at radius 2 is 1.86 bits per heavy atom. The number of thioether (sulfide) groups is 1. The molecule has 1 aromatic heterocycles. The molecule has 6 heteroatoms. The van der Waals surface area contributed by atoms with Crippen molar-refractivity contribution < 1.29 is 4.79 Å². The molecular formula is C15H14N4OS. The van der Waals surface area contributed by atoms with E-state index in [0.717, 1.165) is 16.6 Å². The van der Waals surface area contributed by atoms with Gasteiger partial charge in [-0.25, -0.2) is 10.8 Å². The number of para-hydroxylation sites is 2. The molecule has 0 aliphatic rings. The number of nitrogens with one attached hydrogen (secondary N) is 2. The number of nitrogens with zero attached hydrogens (tertiary/aromatic N) is 1. The number of aromatic amines is 1. The van der Waals surface area contributed by atoms with E-state index in [-0.39, 0.29) is 5.91 Å². The summed E-state index contributed by atoms with van der Waals surface area (Å²) in [6, 6.07) is 17.2. The molecule has 1 atom stereocenters. The van der Waals surface area contributed by atoms with Crippen LogP contribution in [0.4, 0.5) is 0 Å². The van der Waals surface area contributed by atoms with E-state index in [0.29, 0.717) is 5.16 Å². The summed E-state index contributed by atoms with van der Waals surface area (Å²) in [4.78, 5) is 19.7. The Kier molecular flexibility index (Phi) is 3.89. The first-order valence-electron chi connectivity index (χ1n) is 6.45. The molecule has 0 saturated carbocycles. The highest BCUT2D eigenvalue weighted by atomic mass is 32.2. The maximum atomic E-state index is 12.0. The Hall–Kier alpha value is -2.31. The lowest BCUT2D eigenvalue weighted by Crippen LogP contribution is -2.33. The van der Waals surface area contributed by atoms with Gasteiger partial charge in [0, 0.05) is 0 Å². The third-order valence-corrected chi connectivity index (χ3v) is 4.22. The maximum Gasteiger partial charge on any atom is 0.251 e. The SMILES string of the molecule is NNC(=O)C(Sc1nc2ccccc2[nH]1)c1ccccc1. The molecule has 0 radical (unpaired) electrons. The van der Waals surface area contributed by atoms with Gasteiger partial charge in [0.2, 0.25) is 0 Å². The number of benzene rings is 2. The third-order valence-electron chi connectivity index (χ3n) is 3.08. The number of amides is 1. The van der Waals surface area contributed by atoms with Gasteiger partial charge in [-0.05, 0) is 17.7 Å². The summed E-state index contributed by atoms with van der Waals surface area (Å²) in [7, 11) is 0. The number of rotatable bonds is 4. The highest BCUT2D eigenvalue weighted by molar-refractivity contribution is 8.00. The van der Waals surface area contributed by atoms with Crippen LogP contribution in [-0.2, 0) is 4.79 Å². The van der Waals surface area contributed by atoms with E-state index >= 15 is 0 Å². The van der Waals surface area contributed by atoms with E-state index in [4.69, 9.17) is 5.84 Å². The van der Waals surface area contributed by atoms with Crippen LogP contribution < -0.4 is 11.3 Å². The molecule has 0 saturated heterocycles. The summed E-state index contributed by atoms with van der Waals surface area (Å²) in [5.41, 5.74) is 4.92. The molecule has 1 amide bonds. The number of H-pyrrole nitrogens is 1. The molecule has 0 aliphatic carbocycles. The first kappa shape index (κ1) is 13.7. The van der Waals surface area contributed by atoms with Crippen LogP contribution in [0.5, 0.6) is 0 Å². The number of hydrogen-bond acceptors (Lipinski definition) is 4. The smallest absolute Gasteiger partial charge is 0.251 e. The summed E-state index contributed by atoms with van der Waals surface area (Å²) < 4.78 is 0. The summed E-state index contributed by atoms with van der Waals surface area (Å²) in [6.45, 7) is 0. The topological polar surface area (TPSA) is 83.8 Å². The molecular weight excluding hydrogens is 284 g/mol. The Morgan fingerprint density at radius 1 is 1.14 bits per heavy atom. The Labute approximate surface area is 125 Å². The van der Waals surface area contributed by atoms with Crippen molar-refractivity contribution >= 4 is 28.7 Å². The van der Waals surface area contributed by atoms with Crippen LogP contribution in [0.3, 0.4) is 0 Å². The van der Waals surface area contributed by atoms with Crippen molar-refractivity contribution in [2.24, 2.45) is 5.84 Å². The van der Waals surface area contributed by atoms with Crippen LogP contribution in [-0.4, -0.2) is 15.9 Å². The van der Waals surface area contributed by atoms with Crippen molar-refractivity contribution in [2.75, 3.05) is 0 Å². The zero-order valence-corrected chi connectivity index (χ0v) is 11.9.